The minimum atomic E-state index is -0.625. The van der Waals surface area contributed by atoms with Crippen LogP contribution >= 0.6 is 0 Å². The minimum absolute atomic E-state index is 0.0482. The van der Waals surface area contributed by atoms with Crippen LogP contribution in [0, 0.1) is 18.8 Å². The van der Waals surface area contributed by atoms with Gasteiger partial charge in [-0.1, -0.05) is 25.1 Å². The van der Waals surface area contributed by atoms with Crippen LogP contribution in [0.2, 0.25) is 0 Å². The first kappa shape index (κ1) is 16.9. The maximum atomic E-state index is 12.6. The SMILES string of the molecule is CCN(Cc1cccc(C)n1)C(=O)C(/C(N)=N/O)C(C)C. The minimum Gasteiger partial charge on any atom is -0.409 e. The second-order valence-electron chi connectivity index (χ2n) is 5.37. The van der Waals surface area contributed by atoms with E-state index in [2.05, 4.69) is 10.1 Å². The second-order valence-corrected chi connectivity index (χ2v) is 5.37. The molecule has 0 saturated carbocycles. The van der Waals surface area contributed by atoms with Crippen molar-refractivity contribution in [3.05, 3.63) is 29.6 Å². The summed E-state index contributed by atoms with van der Waals surface area (Å²) in [5.74, 6) is -0.871. The Hall–Kier alpha value is -2.11. The number of nitrogens with two attached hydrogens (primary N) is 1. The molecular formula is C15H24N4O2. The Morgan fingerprint density at radius 2 is 2.14 bits per heavy atom. The van der Waals surface area contributed by atoms with Crippen molar-refractivity contribution in [1.82, 2.24) is 9.88 Å². The molecule has 0 aliphatic carbocycles. The van der Waals surface area contributed by atoms with Gasteiger partial charge in [0.15, 0.2) is 5.84 Å². The van der Waals surface area contributed by atoms with E-state index in [1.807, 2.05) is 45.9 Å². The predicted molar refractivity (Wildman–Crippen MR) is 81.8 cm³/mol. The van der Waals surface area contributed by atoms with E-state index in [0.29, 0.717) is 13.1 Å². The van der Waals surface area contributed by atoms with E-state index in [9.17, 15) is 4.79 Å². The van der Waals surface area contributed by atoms with Crippen molar-refractivity contribution in [1.29, 1.82) is 0 Å². The molecule has 1 heterocycles. The second kappa shape index (κ2) is 7.61. The van der Waals surface area contributed by atoms with E-state index in [0.717, 1.165) is 11.4 Å². The standard InChI is InChI=1S/C15H24N4O2/c1-5-19(9-12-8-6-7-11(4)17-12)15(20)13(10(2)3)14(16)18-21/h6-8,10,13,21H,5,9H2,1-4H3,(H2,16,18). The lowest BCUT2D eigenvalue weighted by Crippen LogP contribution is -2.44. The zero-order valence-corrected chi connectivity index (χ0v) is 13.1. The molecule has 0 radical (unpaired) electrons. The predicted octanol–water partition coefficient (Wildman–Crippen LogP) is 1.76. The van der Waals surface area contributed by atoms with Crippen LogP contribution in [0.3, 0.4) is 0 Å². The number of amides is 1. The van der Waals surface area contributed by atoms with Crippen LogP contribution in [0.5, 0.6) is 0 Å². The Bertz CT molecular complexity index is 514. The third-order valence-electron chi connectivity index (χ3n) is 3.36. The molecular weight excluding hydrogens is 268 g/mol. The normalized spacial score (nSPS) is 13.3. The summed E-state index contributed by atoms with van der Waals surface area (Å²) in [5, 5.41) is 11.9. The molecule has 3 N–H and O–H groups in total. The highest BCUT2D eigenvalue weighted by molar-refractivity contribution is 6.02. The molecule has 0 saturated heterocycles. The molecule has 0 fully saturated rings. The maximum absolute atomic E-state index is 12.6. The van der Waals surface area contributed by atoms with Crippen molar-refractivity contribution in [2.45, 2.75) is 34.2 Å². The molecule has 1 aromatic heterocycles. The molecule has 0 aliphatic heterocycles. The molecule has 0 aliphatic rings. The summed E-state index contributed by atoms with van der Waals surface area (Å²) in [6.07, 6.45) is 0. The fourth-order valence-electron chi connectivity index (χ4n) is 2.24. The summed E-state index contributed by atoms with van der Waals surface area (Å²) in [5.41, 5.74) is 7.40. The van der Waals surface area contributed by atoms with E-state index in [4.69, 9.17) is 10.9 Å². The Morgan fingerprint density at radius 3 is 2.62 bits per heavy atom. The van der Waals surface area contributed by atoms with Gasteiger partial charge in [-0.2, -0.15) is 0 Å². The van der Waals surface area contributed by atoms with Gasteiger partial charge in [-0.05, 0) is 31.9 Å². The fourth-order valence-corrected chi connectivity index (χ4v) is 2.24. The number of amidine groups is 1. The van der Waals surface area contributed by atoms with E-state index in [1.54, 1.807) is 4.90 Å². The van der Waals surface area contributed by atoms with Crippen molar-refractivity contribution in [2.24, 2.45) is 22.7 Å². The Balaban J connectivity index is 2.95. The largest absolute Gasteiger partial charge is 0.409 e. The van der Waals surface area contributed by atoms with Gasteiger partial charge in [0.05, 0.1) is 12.2 Å². The molecule has 0 aromatic carbocycles. The number of pyridine rings is 1. The number of carbonyl (C=O) groups is 1. The Kier molecular flexibility index (Phi) is 6.14. The summed E-state index contributed by atoms with van der Waals surface area (Å²) in [7, 11) is 0. The Labute approximate surface area is 125 Å². The first-order valence-electron chi connectivity index (χ1n) is 7.09. The van der Waals surface area contributed by atoms with Crippen LogP contribution in [-0.2, 0) is 11.3 Å². The molecule has 6 heteroatoms. The van der Waals surface area contributed by atoms with E-state index in [1.165, 1.54) is 0 Å². The topological polar surface area (TPSA) is 91.8 Å². The van der Waals surface area contributed by atoms with Crippen LogP contribution < -0.4 is 5.73 Å². The van der Waals surface area contributed by atoms with Gasteiger partial charge in [-0.3, -0.25) is 9.78 Å². The van der Waals surface area contributed by atoms with E-state index < -0.39 is 5.92 Å². The Morgan fingerprint density at radius 1 is 1.48 bits per heavy atom. The molecule has 6 nitrogen and oxygen atoms in total. The molecule has 0 spiro atoms. The first-order valence-corrected chi connectivity index (χ1v) is 7.09. The van der Waals surface area contributed by atoms with Crippen molar-refractivity contribution < 1.29 is 10.0 Å². The summed E-state index contributed by atoms with van der Waals surface area (Å²) in [6, 6.07) is 5.71. The molecule has 1 unspecified atom stereocenters. The average Bonchev–Trinajstić information content (AvgIpc) is 2.44. The van der Waals surface area contributed by atoms with Gasteiger partial charge in [-0.25, -0.2) is 0 Å². The molecule has 1 amide bonds. The van der Waals surface area contributed by atoms with Crippen LogP contribution in [0.1, 0.15) is 32.2 Å². The average molecular weight is 292 g/mol. The number of nitrogens with zero attached hydrogens (tertiary/aromatic N) is 3. The highest BCUT2D eigenvalue weighted by atomic mass is 16.4. The third kappa shape index (κ3) is 4.44. The van der Waals surface area contributed by atoms with Crippen LogP contribution in [-0.4, -0.2) is 33.4 Å². The number of aromatic nitrogens is 1. The number of hydrogen-bond acceptors (Lipinski definition) is 4. The highest BCUT2D eigenvalue weighted by Crippen LogP contribution is 2.16. The lowest BCUT2D eigenvalue weighted by Gasteiger charge is -2.27. The summed E-state index contributed by atoms with van der Waals surface area (Å²) in [6.45, 7) is 8.51. The van der Waals surface area contributed by atoms with Crippen LogP contribution in [0.15, 0.2) is 23.4 Å². The number of oxime groups is 1. The summed E-state index contributed by atoms with van der Waals surface area (Å²) < 4.78 is 0. The van der Waals surface area contributed by atoms with Gasteiger partial charge >= 0.3 is 0 Å². The lowest BCUT2D eigenvalue weighted by molar-refractivity contribution is -0.135. The number of hydrogen-bond donors (Lipinski definition) is 2. The summed E-state index contributed by atoms with van der Waals surface area (Å²) >= 11 is 0. The van der Waals surface area contributed by atoms with Crippen molar-refractivity contribution in [3.8, 4) is 0 Å². The molecule has 1 aromatic rings. The zero-order valence-electron chi connectivity index (χ0n) is 13.1. The lowest BCUT2D eigenvalue weighted by atomic mass is 9.93. The molecule has 1 atom stereocenters. The monoisotopic (exact) mass is 292 g/mol. The van der Waals surface area contributed by atoms with Crippen molar-refractivity contribution in [3.63, 3.8) is 0 Å². The number of rotatable bonds is 6. The summed E-state index contributed by atoms with van der Waals surface area (Å²) in [4.78, 5) is 18.7. The van der Waals surface area contributed by atoms with Gasteiger partial charge in [-0.15, -0.1) is 0 Å². The van der Waals surface area contributed by atoms with Gasteiger partial charge in [0.25, 0.3) is 0 Å². The molecule has 1 rings (SSSR count). The van der Waals surface area contributed by atoms with Crippen molar-refractivity contribution in [2.75, 3.05) is 6.54 Å². The van der Waals surface area contributed by atoms with Gasteiger partial charge in [0.1, 0.15) is 5.92 Å². The van der Waals surface area contributed by atoms with E-state index >= 15 is 0 Å². The number of aryl methyl sites for hydroxylation is 1. The quantitative estimate of drug-likeness (QED) is 0.362. The van der Waals surface area contributed by atoms with Crippen LogP contribution in [0.25, 0.3) is 0 Å². The van der Waals surface area contributed by atoms with Gasteiger partial charge < -0.3 is 15.8 Å². The fraction of sp³-hybridized carbons (Fsp3) is 0.533. The van der Waals surface area contributed by atoms with Crippen molar-refractivity contribution >= 4 is 11.7 Å². The van der Waals surface area contributed by atoms with Gasteiger partial charge in [0, 0.05) is 12.2 Å². The van der Waals surface area contributed by atoms with E-state index in [-0.39, 0.29) is 17.7 Å². The highest BCUT2D eigenvalue weighted by Gasteiger charge is 2.30. The first-order chi connectivity index (χ1) is 9.90. The third-order valence-corrected chi connectivity index (χ3v) is 3.36. The molecule has 21 heavy (non-hydrogen) atoms. The molecule has 116 valence electrons. The smallest absolute Gasteiger partial charge is 0.234 e. The van der Waals surface area contributed by atoms with Gasteiger partial charge in [0.2, 0.25) is 5.91 Å². The number of carbonyl (C=O) groups excluding carboxylic acids is 1. The maximum Gasteiger partial charge on any atom is 0.234 e. The van der Waals surface area contributed by atoms with Crippen LogP contribution in [0.4, 0.5) is 0 Å². The zero-order chi connectivity index (χ0) is 16.0. The molecule has 0 bridgehead atoms.